The first-order chi connectivity index (χ1) is 12.4. The summed E-state index contributed by atoms with van der Waals surface area (Å²) in [5, 5.41) is 0. The molecule has 0 aliphatic carbocycles. The van der Waals surface area contributed by atoms with Crippen LogP contribution in [0.3, 0.4) is 0 Å². The smallest absolute Gasteiger partial charge is 0.225 e. The molecular weight excluding hydrogens is 316 g/mol. The van der Waals surface area contributed by atoms with Crippen molar-refractivity contribution in [1.29, 1.82) is 0 Å². The minimum atomic E-state index is 0.846. The molecule has 2 fully saturated rings. The molecule has 0 N–H and O–H groups in total. The Hall–Kier alpha value is -2.32. The summed E-state index contributed by atoms with van der Waals surface area (Å²) < 4.78 is 0. The number of hydrogen-bond donors (Lipinski definition) is 0. The predicted molar refractivity (Wildman–Crippen MR) is 96.5 cm³/mol. The van der Waals surface area contributed by atoms with Crippen LogP contribution >= 0.6 is 0 Å². The highest BCUT2D eigenvalue weighted by atomic mass is 15.4. The van der Waals surface area contributed by atoms with E-state index in [2.05, 4.69) is 39.5 Å². The molecule has 0 unspecified atom stereocenters. The van der Waals surface area contributed by atoms with E-state index in [4.69, 9.17) is 0 Å². The molecule has 2 aromatic rings. The maximum absolute atomic E-state index is 4.35. The van der Waals surface area contributed by atoms with Gasteiger partial charge in [0.25, 0.3) is 0 Å². The second-order valence-corrected chi connectivity index (χ2v) is 6.45. The van der Waals surface area contributed by atoms with Crippen LogP contribution in [0.25, 0.3) is 0 Å². The standard InChI is InChI=1S/C17H24N8/c1-3-18-16(19-4-1)24-11-7-22(8-12-24)15-23-9-13-25(14-10-23)17-20-5-2-6-21-17/h1-6H,7-15H2. The maximum atomic E-state index is 4.35. The Morgan fingerprint density at radius 3 is 1.28 bits per heavy atom. The number of piperazine rings is 2. The van der Waals surface area contributed by atoms with E-state index < -0.39 is 0 Å². The lowest BCUT2D eigenvalue weighted by molar-refractivity contribution is 0.119. The molecule has 8 nitrogen and oxygen atoms in total. The van der Waals surface area contributed by atoms with Crippen LogP contribution in [0.5, 0.6) is 0 Å². The highest BCUT2D eigenvalue weighted by Crippen LogP contribution is 2.13. The largest absolute Gasteiger partial charge is 0.338 e. The lowest BCUT2D eigenvalue weighted by Gasteiger charge is -2.40. The molecule has 0 bridgehead atoms. The van der Waals surface area contributed by atoms with Gasteiger partial charge in [-0.1, -0.05) is 0 Å². The number of rotatable bonds is 4. The van der Waals surface area contributed by atoms with Gasteiger partial charge in [0.1, 0.15) is 0 Å². The number of nitrogens with zero attached hydrogens (tertiary/aromatic N) is 8. The summed E-state index contributed by atoms with van der Waals surface area (Å²) in [5.41, 5.74) is 0. The van der Waals surface area contributed by atoms with E-state index in [1.807, 2.05) is 36.9 Å². The van der Waals surface area contributed by atoms with Gasteiger partial charge in [-0.05, 0) is 12.1 Å². The third-order valence-electron chi connectivity index (χ3n) is 4.81. The molecule has 0 spiro atoms. The first kappa shape index (κ1) is 16.2. The fraction of sp³-hybridized carbons (Fsp3) is 0.529. The number of hydrogen-bond acceptors (Lipinski definition) is 8. The zero-order valence-electron chi connectivity index (χ0n) is 14.4. The Morgan fingerprint density at radius 1 is 0.560 bits per heavy atom. The van der Waals surface area contributed by atoms with Crippen molar-refractivity contribution in [2.24, 2.45) is 0 Å². The Balaban J connectivity index is 1.22. The third-order valence-corrected chi connectivity index (χ3v) is 4.81. The summed E-state index contributed by atoms with van der Waals surface area (Å²) in [6.07, 6.45) is 7.24. The van der Waals surface area contributed by atoms with E-state index in [0.29, 0.717) is 0 Å². The van der Waals surface area contributed by atoms with Gasteiger partial charge in [0.15, 0.2) is 0 Å². The molecule has 0 aromatic carbocycles. The van der Waals surface area contributed by atoms with Crippen LogP contribution in [0.15, 0.2) is 36.9 Å². The lowest BCUT2D eigenvalue weighted by Crippen LogP contribution is -2.54. The summed E-state index contributed by atoms with van der Waals surface area (Å²) >= 11 is 0. The zero-order valence-corrected chi connectivity index (χ0v) is 14.4. The molecule has 4 rings (SSSR count). The first-order valence-electron chi connectivity index (χ1n) is 8.87. The molecule has 2 aliphatic heterocycles. The van der Waals surface area contributed by atoms with Gasteiger partial charge in [0.05, 0.1) is 6.67 Å². The highest BCUT2D eigenvalue weighted by Gasteiger charge is 2.23. The highest BCUT2D eigenvalue weighted by molar-refractivity contribution is 5.30. The minimum absolute atomic E-state index is 0.846. The maximum Gasteiger partial charge on any atom is 0.225 e. The number of aromatic nitrogens is 4. The van der Waals surface area contributed by atoms with Crippen molar-refractivity contribution in [3.8, 4) is 0 Å². The monoisotopic (exact) mass is 340 g/mol. The summed E-state index contributed by atoms with van der Waals surface area (Å²) in [4.78, 5) is 27.0. The molecule has 0 amide bonds. The Bertz CT molecular complexity index is 579. The lowest BCUT2D eigenvalue weighted by atomic mass is 10.3. The molecule has 132 valence electrons. The molecule has 0 atom stereocenters. The topological polar surface area (TPSA) is 64.5 Å². The second-order valence-electron chi connectivity index (χ2n) is 6.45. The van der Waals surface area contributed by atoms with Gasteiger partial charge in [-0.2, -0.15) is 0 Å². The van der Waals surface area contributed by atoms with Crippen LogP contribution in [-0.2, 0) is 0 Å². The van der Waals surface area contributed by atoms with Crippen LogP contribution in [0.4, 0.5) is 11.9 Å². The van der Waals surface area contributed by atoms with Gasteiger partial charge in [-0.15, -0.1) is 0 Å². The Kier molecular flexibility index (Phi) is 4.98. The Morgan fingerprint density at radius 2 is 0.920 bits per heavy atom. The normalized spacial score (nSPS) is 20.0. The van der Waals surface area contributed by atoms with Crippen molar-refractivity contribution in [2.45, 2.75) is 0 Å². The van der Waals surface area contributed by atoms with E-state index >= 15 is 0 Å². The third kappa shape index (κ3) is 4.02. The molecule has 0 radical (unpaired) electrons. The average molecular weight is 340 g/mol. The van der Waals surface area contributed by atoms with E-state index in [-0.39, 0.29) is 0 Å². The van der Waals surface area contributed by atoms with Crippen LogP contribution in [0.1, 0.15) is 0 Å². The van der Waals surface area contributed by atoms with Gasteiger partial charge in [-0.3, -0.25) is 9.80 Å². The summed E-state index contributed by atoms with van der Waals surface area (Å²) in [6.45, 7) is 9.21. The van der Waals surface area contributed by atoms with Crippen LogP contribution < -0.4 is 9.80 Å². The van der Waals surface area contributed by atoms with E-state index in [1.54, 1.807) is 0 Å². The van der Waals surface area contributed by atoms with Crippen molar-refractivity contribution < 1.29 is 0 Å². The SMILES string of the molecule is c1cnc(N2CCN(CN3CCN(c4ncccn4)CC3)CC2)nc1. The van der Waals surface area contributed by atoms with E-state index in [9.17, 15) is 0 Å². The van der Waals surface area contributed by atoms with Crippen LogP contribution in [-0.4, -0.2) is 88.8 Å². The van der Waals surface area contributed by atoms with Gasteiger partial charge in [0.2, 0.25) is 11.9 Å². The van der Waals surface area contributed by atoms with Crippen molar-refractivity contribution in [3.63, 3.8) is 0 Å². The fourth-order valence-electron chi connectivity index (χ4n) is 3.37. The van der Waals surface area contributed by atoms with E-state index in [1.165, 1.54) is 0 Å². The molecule has 2 aromatic heterocycles. The minimum Gasteiger partial charge on any atom is -0.338 e. The number of anilines is 2. The second kappa shape index (κ2) is 7.71. The molecule has 25 heavy (non-hydrogen) atoms. The van der Waals surface area contributed by atoms with Crippen LogP contribution in [0.2, 0.25) is 0 Å². The quantitative estimate of drug-likeness (QED) is 0.780. The molecule has 0 saturated carbocycles. The summed E-state index contributed by atoms with van der Waals surface area (Å²) in [5.74, 6) is 1.69. The van der Waals surface area contributed by atoms with Gasteiger partial charge < -0.3 is 9.80 Å². The molecule has 8 heteroatoms. The predicted octanol–water partition coefficient (Wildman–Crippen LogP) is 0.168. The fourth-order valence-corrected chi connectivity index (χ4v) is 3.37. The van der Waals surface area contributed by atoms with Gasteiger partial charge in [0, 0.05) is 77.1 Å². The van der Waals surface area contributed by atoms with Crippen molar-refractivity contribution in [3.05, 3.63) is 36.9 Å². The van der Waals surface area contributed by atoms with Crippen LogP contribution in [0, 0.1) is 0 Å². The van der Waals surface area contributed by atoms with Crippen molar-refractivity contribution in [2.75, 3.05) is 68.8 Å². The average Bonchev–Trinajstić information content (AvgIpc) is 2.71. The van der Waals surface area contributed by atoms with Crippen molar-refractivity contribution >= 4 is 11.9 Å². The molecule has 4 heterocycles. The Labute approximate surface area is 148 Å². The summed E-state index contributed by atoms with van der Waals surface area (Å²) in [6, 6.07) is 3.72. The van der Waals surface area contributed by atoms with Crippen molar-refractivity contribution in [1.82, 2.24) is 29.7 Å². The molecule has 2 saturated heterocycles. The van der Waals surface area contributed by atoms with Gasteiger partial charge >= 0.3 is 0 Å². The summed E-state index contributed by atoms with van der Waals surface area (Å²) in [7, 11) is 0. The zero-order chi connectivity index (χ0) is 16.9. The van der Waals surface area contributed by atoms with E-state index in [0.717, 1.165) is 70.9 Å². The first-order valence-corrected chi connectivity index (χ1v) is 8.87. The molecular formula is C17H24N8. The van der Waals surface area contributed by atoms with Gasteiger partial charge in [-0.25, -0.2) is 19.9 Å². The molecule has 2 aliphatic rings.